The van der Waals surface area contributed by atoms with Gasteiger partial charge in [0.1, 0.15) is 0 Å². The fraction of sp³-hybridized carbons (Fsp3) is 0.767. The highest BCUT2D eigenvalue weighted by molar-refractivity contribution is 5.89. The Kier molecular flexibility index (Phi) is 11.1. The highest BCUT2D eigenvalue weighted by Gasteiger charge is 2.31. The van der Waals surface area contributed by atoms with Crippen molar-refractivity contribution in [1.82, 2.24) is 0 Å². The van der Waals surface area contributed by atoms with Crippen LogP contribution in [0.2, 0.25) is 0 Å². The summed E-state index contributed by atoms with van der Waals surface area (Å²) in [5, 5.41) is 0. The van der Waals surface area contributed by atoms with Gasteiger partial charge >= 0.3 is 5.97 Å². The van der Waals surface area contributed by atoms with Gasteiger partial charge in [-0.05, 0) is 86.3 Å². The molecule has 0 bridgehead atoms. The lowest BCUT2D eigenvalue weighted by Crippen LogP contribution is -2.25. The summed E-state index contributed by atoms with van der Waals surface area (Å²) in [5.74, 6) is 3.49. The van der Waals surface area contributed by atoms with E-state index in [0.717, 1.165) is 37.0 Å². The van der Waals surface area contributed by atoms with Crippen LogP contribution in [-0.2, 0) is 4.74 Å². The molecule has 0 radical (unpaired) electrons. The maximum absolute atomic E-state index is 12.2. The first-order valence-corrected chi connectivity index (χ1v) is 14.0. The maximum atomic E-state index is 12.2. The standard InChI is InChI=1S/C30H48O2/c1-3-5-7-8-10-24-11-13-25(14-12-24)26-15-17-27(18-16-26)28-19-21-29(22-20-28)30(31)32-23-9-6-4-2/h19-22,24-27H,3-18,23H2,1-2H3/t24-,25-,26-,27-. The smallest absolute Gasteiger partial charge is 0.338 e. The van der Waals surface area contributed by atoms with Crippen LogP contribution in [0, 0.1) is 17.8 Å². The van der Waals surface area contributed by atoms with Crippen LogP contribution in [0.3, 0.4) is 0 Å². The number of hydrogen-bond acceptors (Lipinski definition) is 2. The molecular weight excluding hydrogens is 392 g/mol. The first-order chi connectivity index (χ1) is 15.7. The normalized spacial score (nSPS) is 26.1. The first kappa shape index (κ1) is 25.3. The van der Waals surface area contributed by atoms with Crippen molar-refractivity contribution in [2.24, 2.45) is 17.8 Å². The van der Waals surface area contributed by atoms with Crippen LogP contribution in [0.25, 0.3) is 0 Å². The van der Waals surface area contributed by atoms with Crippen LogP contribution in [0.1, 0.15) is 138 Å². The second-order valence-electron chi connectivity index (χ2n) is 10.7. The van der Waals surface area contributed by atoms with Gasteiger partial charge in [0, 0.05) is 0 Å². The Balaban J connectivity index is 1.36. The van der Waals surface area contributed by atoms with Gasteiger partial charge < -0.3 is 4.74 Å². The van der Waals surface area contributed by atoms with E-state index in [1.807, 2.05) is 12.1 Å². The van der Waals surface area contributed by atoms with E-state index in [1.54, 1.807) is 0 Å². The van der Waals surface area contributed by atoms with Gasteiger partial charge in [0.2, 0.25) is 0 Å². The van der Waals surface area contributed by atoms with Gasteiger partial charge in [-0.1, -0.05) is 83.8 Å². The van der Waals surface area contributed by atoms with Crippen molar-refractivity contribution >= 4 is 5.97 Å². The monoisotopic (exact) mass is 440 g/mol. The summed E-state index contributed by atoms with van der Waals surface area (Å²) in [5.41, 5.74) is 2.12. The summed E-state index contributed by atoms with van der Waals surface area (Å²) in [7, 11) is 0. The molecule has 0 amide bonds. The second-order valence-corrected chi connectivity index (χ2v) is 10.7. The lowest BCUT2D eigenvalue weighted by atomic mass is 9.68. The molecule has 3 rings (SSSR count). The molecule has 1 aromatic rings. The molecule has 0 aromatic heterocycles. The van der Waals surface area contributed by atoms with Crippen molar-refractivity contribution in [3.05, 3.63) is 35.4 Å². The summed E-state index contributed by atoms with van der Waals surface area (Å²) in [6.07, 6.45) is 21.8. The molecule has 0 unspecified atom stereocenters. The van der Waals surface area contributed by atoms with Crippen molar-refractivity contribution in [3.63, 3.8) is 0 Å². The fourth-order valence-electron chi connectivity index (χ4n) is 6.22. The first-order valence-electron chi connectivity index (χ1n) is 14.0. The van der Waals surface area contributed by atoms with Gasteiger partial charge in [0.15, 0.2) is 0 Å². The third-order valence-electron chi connectivity index (χ3n) is 8.39. The number of hydrogen-bond donors (Lipinski definition) is 0. The Morgan fingerprint density at radius 3 is 1.97 bits per heavy atom. The molecule has 2 saturated carbocycles. The fourth-order valence-corrected chi connectivity index (χ4v) is 6.22. The number of carbonyl (C=O) groups is 1. The molecule has 1 aromatic carbocycles. The lowest BCUT2D eigenvalue weighted by molar-refractivity contribution is 0.0498. The van der Waals surface area contributed by atoms with E-state index >= 15 is 0 Å². The minimum Gasteiger partial charge on any atom is -0.462 e. The summed E-state index contributed by atoms with van der Waals surface area (Å²) in [4.78, 5) is 12.2. The Morgan fingerprint density at radius 2 is 1.34 bits per heavy atom. The predicted octanol–water partition coefficient (Wildman–Crippen LogP) is 9.08. The molecular formula is C30H48O2. The van der Waals surface area contributed by atoms with E-state index < -0.39 is 0 Å². The van der Waals surface area contributed by atoms with E-state index in [9.17, 15) is 4.79 Å². The van der Waals surface area contributed by atoms with E-state index in [4.69, 9.17) is 4.74 Å². The molecule has 0 heterocycles. The molecule has 32 heavy (non-hydrogen) atoms. The number of esters is 1. The van der Waals surface area contributed by atoms with Crippen LogP contribution in [0.4, 0.5) is 0 Å². The van der Waals surface area contributed by atoms with E-state index in [-0.39, 0.29) is 5.97 Å². The maximum Gasteiger partial charge on any atom is 0.338 e. The van der Waals surface area contributed by atoms with Crippen LogP contribution in [-0.4, -0.2) is 12.6 Å². The van der Waals surface area contributed by atoms with Crippen LogP contribution in [0.15, 0.2) is 24.3 Å². The van der Waals surface area contributed by atoms with Crippen molar-refractivity contribution < 1.29 is 9.53 Å². The molecule has 0 aliphatic heterocycles. The summed E-state index contributed by atoms with van der Waals surface area (Å²) >= 11 is 0. The van der Waals surface area contributed by atoms with Gasteiger partial charge in [-0.3, -0.25) is 0 Å². The lowest BCUT2D eigenvalue weighted by Gasteiger charge is -2.38. The van der Waals surface area contributed by atoms with Crippen molar-refractivity contribution in [3.8, 4) is 0 Å². The summed E-state index contributed by atoms with van der Waals surface area (Å²) in [6.45, 7) is 5.01. The van der Waals surface area contributed by atoms with Gasteiger partial charge in [-0.15, -0.1) is 0 Å². The summed E-state index contributed by atoms with van der Waals surface area (Å²) < 4.78 is 5.40. The number of unbranched alkanes of at least 4 members (excludes halogenated alkanes) is 5. The largest absolute Gasteiger partial charge is 0.462 e. The minimum absolute atomic E-state index is 0.169. The minimum atomic E-state index is -0.169. The van der Waals surface area contributed by atoms with Gasteiger partial charge in [-0.25, -0.2) is 4.79 Å². The topological polar surface area (TPSA) is 26.3 Å². The zero-order valence-corrected chi connectivity index (χ0v) is 21.0. The number of rotatable bonds is 12. The molecule has 0 saturated heterocycles. The van der Waals surface area contributed by atoms with Gasteiger partial charge in [0.25, 0.3) is 0 Å². The average molecular weight is 441 g/mol. The molecule has 2 nitrogen and oxygen atoms in total. The van der Waals surface area contributed by atoms with E-state index in [0.29, 0.717) is 18.1 Å². The number of benzene rings is 1. The van der Waals surface area contributed by atoms with Crippen LogP contribution >= 0.6 is 0 Å². The molecule has 180 valence electrons. The van der Waals surface area contributed by atoms with Crippen molar-refractivity contribution in [2.75, 3.05) is 6.61 Å². The molecule has 0 N–H and O–H groups in total. The van der Waals surface area contributed by atoms with Crippen LogP contribution in [0.5, 0.6) is 0 Å². The van der Waals surface area contributed by atoms with Crippen molar-refractivity contribution in [2.45, 2.75) is 122 Å². The predicted molar refractivity (Wildman–Crippen MR) is 135 cm³/mol. The summed E-state index contributed by atoms with van der Waals surface area (Å²) in [6, 6.07) is 8.31. The third-order valence-corrected chi connectivity index (χ3v) is 8.39. The van der Waals surface area contributed by atoms with E-state index in [2.05, 4.69) is 26.0 Å². The number of carbonyl (C=O) groups excluding carboxylic acids is 1. The van der Waals surface area contributed by atoms with Crippen LogP contribution < -0.4 is 0 Å². The van der Waals surface area contributed by atoms with Crippen molar-refractivity contribution in [1.29, 1.82) is 0 Å². The Labute approximate surface area is 197 Å². The van der Waals surface area contributed by atoms with Gasteiger partial charge in [0.05, 0.1) is 12.2 Å². The highest BCUT2D eigenvalue weighted by atomic mass is 16.5. The highest BCUT2D eigenvalue weighted by Crippen LogP contribution is 2.44. The molecule has 0 atom stereocenters. The Bertz CT molecular complexity index is 633. The SMILES string of the molecule is CCCCCC[C@H]1CC[C@H]([C@H]2CC[C@H](c3ccc(C(=O)OCCCCC)cc3)CC2)CC1. The quantitative estimate of drug-likeness (QED) is 0.239. The Hall–Kier alpha value is -1.31. The number of ether oxygens (including phenoxy) is 1. The Morgan fingerprint density at radius 1 is 0.750 bits per heavy atom. The molecule has 0 spiro atoms. The molecule has 2 aliphatic rings. The average Bonchev–Trinajstić information content (AvgIpc) is 2.85. The molecule has 2 fully saturated rings. The van der Waals surface area contributed by atoms with Gasteiger partial charge in [-0.2, -0.15) is 0 Å². The molecule has 2 heteroatoms. The third kappa shape index (κ3) is 7.92. The molecule has 2 aliphatic carbocycles. The van der Waals surface area contributed by atoms with E-state index in [1.165, 1.54) is 89.0 Å². The zero-order chi connectivity index (χ0) is 22.6. The zero-order valence-electron chi connectivity index (χ0n) is 21.0. The second kappa shape index (κ2) is 14.1.